The third-order valence-corrected chi connectivity index (χ3v) is 4.63. The summed E-state index contributed by atoms with van der Waals surface area (Å²) in [4.78, 5) is 1.28. The Kier molecular flexibility index (Phi) is 4.28. The fourth-order valence-corrected chi connectivity index (χ4v) is 3.32. The summed E-state index contributed by atoms with van der Waals surface area (Å²) in [6, 6.07) is 18.7. The molecule has 0 radical (unpaired) electrons. The maximum absolute atomic E-state index is 6.01. The Bertz CT molecular complexity index is 735. The van der Waals surface area contributed by atoms with Crippen molar-refractivity contribution in [2.75, 3.05) is 5.32 Å². The molecule has 1 aromatic heterocycles. The first-order chi connectivity index (χ1) is 10.2. The van der Waals surface area contributed by atoms with Crippen LogP contribution in [-0.4, -0.2) is 0 Å². The van der Waals surface area contributed by atoms with Gasteiger partial charge in [0, 0.05) is 27.7 Å². The van der Waals surface area contributed by atoms with Crippen molar-refractivity contribution in [3.8, 4) is 10.4 Å². The molecule has 0 atom stereocenters. The number of halogens is 1. The molecule has 3 heteroatoms. The minimum absolute atomic E-state index is 0.787. The van der Waals surface area contributed by atoms with Crippen LogP contribution in [0.4, 0.5) is 5.69 Å². The predicted molar refractivity (Wildman–Crippen MR) is 93.3 cm³/mol. The fourth-order valence-electron chi connectivity index (χ4n) is 2.33. The van der Waals surface area contributed by atoms with Crippen molar-refractivity contribution in [3.63, 3.8) is 0 Å². The highest BCUT2D eigenvalue weighted by atomic mass is 35.5. The maximum Gasteiger partial charge on any atom is 0.0430 e. The molecular formula is C18H16ClNS. The first kappa shape index (κ1) is 14.2. The van der Waals surface area contributed by atoms with Crippen LogP contribution in [0.25, 0.3) is 10.4 Å². The Balaban J connectivity index is 1.83. The summed E-state index contributed by atoms with van der Waals surface area (Å²) in [7, 11) is 0. The number of aryl methyl sites for hydroxylation is 1. The number of rotatable bonds is 4. The van der Waals surface area contributed by atoms with Crippen LogP contribution in [0.2, 0.25) is 5.02 Å². The summed E-state index contributed by atoms with van der Waals surface area (Å²) in [6.07, 6.45) is 0. The van der Waals surface area contributed by atoms with E-state index in [0.29, 0.717) is 0 Å². The lowest BCUT2D eigenvalue weighted by molar-refractivity contribution is 1.12. The number of benzene rings is 2. The van der Waals surface area contributed by atoms with Gasteiger partial charge in [-0.1, -0.05) is 41.9 Å². The Labute approximate surface area is 134 Å². The number of thiophene rings is 1. The van der Waals surface area contributed by atoms with E-state index in [-0.39, 0.29) is 0 Å². The van der Waals surface area contributed by atoms with Gasteiger partial charge in [0.25, 0.3) is 0 Å². The molecule has 0 saturated heterocycles. The summed E-state index contributed by atoms with van der Waals surface area (Å²) >= 11 is 7.77. The highest BCUT2D eigenvalue weighted by molar-refractivity contribution is 7.13. The first-order valence-corrected chi connectivity index (χ1v) is 8.11. The van der Waals surface area contributed by atoms with E-state index in [1.165, 1.54) is 21.6 Å². The van der Waals surface area contributed by atoms with Gasteiger partial charge in [-0.25, -0.2) is 0 Å². The molecule has 1 heterocycles. The fraction of sp³-hybridized carbons (Fsp3) is 0.111. The van der Waals surface area contributed by atoms with Gasteiger partial charge in [-0.2, -0.15) is 0 Å². The van der Waals surface area contributed by atoms with Crippen molar-refractivity contribution in [2.24, 2.45) is 0 Å². The molecule has 3 rings (SSSR count). The summed E-state index contributed by atoms with van der Waals surface area (Å²) in [6.45, 7) is 2.89. The zero-order chi connectivity index (χ0) is 14.7. The predicted octanol–water partition coefficient (Wildman–Crippen LogP) is 5.99. The standard InChI is InChI=1S/C18H16ClNS/c1-13-11-15(19)9-8-14(13)12-20-17-6-3-2-5-16(17)18-7-4-10-21-18/h2-11,20H,12H2,1H3. The molecule has 106 valence electrons. The van der Waals surface area contributed by atoms with Crippen LogP contribution in [0, 0.1) is 6.92 Å². The average molecular weight is 314 g/mol. The molecule has 0 amide bonds. The quantitative estimate of drug-likeness (QED) is 0.624. The number of para-hydroxylation sites is 1. The van der Waals surface area contributed by atoms with Crippen molar-refractivity contribution in [2.45, 2.75) is 13.5 Å². The lowest BCUT2D eigenvalue weighted by Gasteiger charge is -2.12. The van der Waals surface area contributed by atoms with Gasteiger partial charge < -0.3 is 5.32 Å². The third kappa shape index (κ3) is 3.29. The van der Waals surface area contributed by atoms with Crippen molar-refractivity contribution >= 4 is 28.6 Å². The molecule has 0 bridgehead atoms. The van der Waals surface area contributed by atoms with Gasteiger partial charge in [0.05, 0.1) is 0 Å². The van der Waals surface area contributed by atoms with E-state index in [9.17, 15) is 0 Å². The molecular weight excluding hydrogens is 298 g/mol. The number of nitrogens with one attached hydrogen (secondary N) is 1. The molecule has 2 aromatic carbocycles. The average Bonchev–Trinajstić information content (AvgIpc) is 3.01. The maximum atomic E-state index is 6.01. The van der Waals surface area contributed by atoms with E-state index in [0.717, 1.165) is 17.3 Å². The van der Waals surface area contributed by atoms with E-state index in [1.54, 1.807) is 11.3 Å². The Morgan fingerprint density at radius 2 is 1.90 bits per heavy atom. The van der Waals surface area contributed by atoms with Crippen LogP contribution in [0.5, 0.6) is 0 Å². The Morgan fingerprint density at radius 3 is 2.67 bits per heavy atom. The molecule has 1 N–H and O–H groups in total. The number of hydrogen-bond donors (Lipinski definition) is 1. The van der Waals surface area contributed by atoms with Gasteiger partial charge in [-0.3, -0.25) is 0 Å². The van der Waals surface area contributed by atoms with Crippen LogP contribution in [0.1, 0.15) is 11.1 Å². The SMILES string of the molecule is Cc1cc(Cl)ccc1CNc1ccccc1-c1cccs1. The van der Waals surface area contributed by atoms with Gasteiger partial charge in [0.2, 0.25) is 0 Å². The molecule has 0 aliphatic heterocycles. The highest BCUT2D eigenvalue weighted by Crippen LogP contribution is 2.31. The lowest BCUT2D eigenvalue weighted by Crippen LogP contribution is -2.02. The molecule has 21 heavy (non-hydrogen) atoms. The Morgan fingerprint density at radius 1 is 1.05 bits per heavy atom. The van der Waals surface area contributed by atoms with E-state index in [1.807, 2.05) is 12.1 Å². The molecule has 0 saturated carbocycles. The first-order valence-electron chi connectivity index (χ1n) is 6.86. The Hall–Kier alpha value is -1.77. The molecule has 0 aliphatic rings. The van der Waals surface area contributed by atoms with Crippen molar-refractivity contribution in [1.82, 2.24) is 0 Å². The van der Waals surface area contributed by atoms with Gasteiger partial charge in [-0.05, 0) is 47.7 Å². The largest absolute Gasteiger partial charge is 0.380 e. The molecule has 1 nitrogen and oxygen atoms in total. The van der Waals surface area contributed by atoms with Gasteiger partial charge >= 0.3 is 0 Å². The zero-order valence-electron chi connectivity index (χ0n) is 11.8. The van der Waals surface area contributed by atoms with Crippen molar-refractivity contribution in [3.05, 3.63) is 76.1 Å². The lowest BCUT2D eigenvalue weighted by atomic mass is 10.1. The van der Waals surface area contributed by atoms with Gasteiger partial charge in [0.15, 0.2) is 0 Å². The summed E-state index contributed by atoms with van der Waals surface area (Å²) in [5.41, 5.74) is 4.89. The minimum Gasteiger partial charge on any atom is -0.380 e. The summed E-state index contributed by atoms with van der Waals surface area (Å²) < 4.78 is 0. The van der Waals surface area contributed by atoms with E-state index >= 15 is 0 Å². The normalized spacial score (nSPS) is 10.6. The monoisotopic (exact) mass is 313 g/mol. The van der Waals surface area contributed by atoms with E-state index < -0.39 is 0 Å². The van der Waals surface area contributed by atoms with Crippen LogP contribution >= 0.6 is 22.9 Å². The van der Waals surface area contributed by atoms with Crippen LogP contribution < -0.4 is 5.32 Å². The van der Waals surface area contributed by atoms with Gasteiger partial charge in [0.1, 0.15) is 0 Å². The second kappa shape index (κ2) is 6.33. The number of anilines is 1. The molecule has 3 aromatic rings. The minimum atomic E-state index is 0.787. The van der Waals surface area contributed by atoms with Crippen LogP contribution in [0.3, 0.4) is 0 Å². The second-order valence-electron chi connectivity index (χ2n) is 4.95. The summed E-state index contributed by atoms with van der Waals surface area (Å²) in [5, 5.41) is 6.44. The van der Waals surface area contributed by atoms with Crippen molar-refractivity contribution in [1.29, 1.82) is 0 Å². The van der Waals surface area contributed by atoms with E-state index in [2.05, 4.69) is 60.1 Å². The molecule has 0 unspecified atom stereocenters. The highest BCUT2D eigenvalue weighted by Gasteiger charge is 2.06. The second-order valence-corrected chi connectivity index (χ2v) is 6.33. The molecule has 0 aliphatic carbocycles. The van der Waals surface area contributed by atoms with E-state index in [4.69, 9.17) is 11.6 Å². The zero-order valence-corrected chi connectivity index (χ0v) is 13.3. The topological polar surface area (TPSA) is 12.0 Å². The van der Waals surface area contributed by atoms with Crippen LogP contribution in [0.15, 0.2) is 60.0 Å². The number of hydrogen-bond acceptors (Lipinski definition) is 2. The van der Waals surface area contributed by atoms with Gasteiger partial charge in [-0.15, -0.1) is 11.3 Å². The summed E-state index contributed by atoms with van der Waals surface area (Å²) in [5.74, 6) is 0. The third-order valence-electron chi connectivity index (χ3n) is 3.49. The smallest absolute Gasteiger partial charge is 0.0430 e. The molecule has 0 spiro atoms. The molecule has 0 fully saturated rings. The van der Waals surface area contributed by atoms with Crippen LogP contribution in [-0.2, 0) is 6.54 Å². The van der Waals surface area contributed by atoms with Crippen molar-refractivity contribution < 1.29 is 0 Å².